The summed E-state index contributed by atoms with van der Waals surface area (Å²) in [6, 6.07) is 0. The first-order valence-corrected chi connectivity index (χ1v) is 52.5. The quantitative estimate of drug-likeness (QED) is 0.230. The van der Waals surface area contributed by atoms with E-state index in [9.17, 15) is 8.42 Å². The minimum Gasteiger partial charge on any atom is -0.379 e. The van der Waals surface area contributed by atoms with Crippen LogP contribution < -0.4 is 16.1 Å². The minimum atomic E-state index is -2.99. The molecule has 3 N–H and O–H groups in total. The molecule has 23 heteroatoms. The summed E-state index contributed by atoms with van der Waals surface area (Å²) in [5.74, 6) is 5.27. The summed E-state index contributed by atoms with van der Waals surface area (Å²) in [5, 5.41) is 8.95. The number of likely N-dealkylation sites (tertiary alicyclic amines) is 4. The van der Waals surface area contributed by atoms with Crippen LogP contribution in [0, 0.1) is 0 Å². The van der Waals surface area contributed by atoms with Gasteiger partial charge in [-0.2, -0.15) is 27.8 Å². The molecular formula is C97H211N17O3S3. The highest BCUT2D eigenvalue weighted by Crippen LogP contribution is 2.26. The van der Waals surface area contributed by atoms with Gasteiger partial charge < -0.3 is 20.3 Å². The van der Waals surface area contributed by atoms with Gasteiger partial charge in [0.15, 0.2) is 0 Å². The summed E-state index contributed by atoms with van der Waals surface area (Å²) < 4.78 is 29.3. The van der Waals surface area contributed by atoms with E-state index in [-0.39, 0.29) is 5.54 Å². The van der Waals surface area contributed by atoms with Crippen LogP contribution >= 0.6 is 23.5 Å². The Morgan fingerprint density at radius 1 is 0.242 bits per heavy atom. The zero-order chi connectivity index (χ0) is 92.1. The van der Waals surface area contributed by atoms with Crippen LogP contribution in [0.3, 0.4) is 0 Å². The molecule has 12 fully saturated rings. The molecule has 0 amide bonds. The molecule has 12 rings (SSSR count). The fourth-order valence-electron chi connectivity index (χ4n) is 15.9. The second kappa shape index (κ2) is 55.3. The van der Waals surface area contributed by atoms with Crippen LogP contribution in [-0.2, 0) is 14.8 Å². The third kappa shape index (κ3) is 53.9. The Morgan fingerprint density at radius 2 is 0.492 bits per heavy atom. The van der Waals surface area contributed by atoms with Crippen LogP contribution in [0.15, 0.2) is 0 Å². The van der Waals surface area contributed by atoms with Crippen molar-refractivity contribution in [2.45, 2.75) is 380 Å². The normalized spacial score (nSPS) is 23.1. The largest absolute Gasteiger partial charge is 0.379 e. The van der Waals surface area contributed by atoms with E-state index in [4.69, 9.17) is 4.74 Å². The summed E-state index contributed by atoms with van der Waals surface area (Å²) in [6.45, 7) is 119. The van der Waals surface area contributed by atoms with Crippen molar-refractivity contribution in [3.63, 3.8) is 0 Å². The predicted octanol–water partition coefficient (Wildman–Crippen LogP) is 16.4. The topological polar surface area (TPSA) is 125 Å². The van der Waals surface area contributed by atoms with E-state index >= 15 is 0 Å². The Balaban J connectivity index is 0.000000656. The first kappa shape index (κ1) is 118. The molecule has 12 aliphatic rings. The van der Waals surface area contributed by atoms with E-state index in [1.807, 2.05) is 0 Å². The minimum absolute atomic E-state index is 0.142. The van der Waals surface area contributed by atoms with Crippen molar-refractivity contribution in [3.8, 4) is 0 Å². The van der Waals surface area contributed by atoms with Crippen LogP contribution in [0.2, 0.25) is 0 Å². The van der Waals surface area contributed by atoms with Gasteiger partial charge in [-0.15, -0.1) is 0 Å². The van der Waals surface area contributed by atoms with Crippen molar-refractivity contribution < 1.29 is 13.2 Å². The number of piperazine rings is 3. The number of likely N-dealkylation sites (N-methyl/N-ethyl adjacent to an activating group) is 1. The third-order valence-corrected chi connectivity index (χ3v) is 28.2. The maximum Gasteiger partial charge on any atom is 0.211 e. The Kier molecular flexibility index (Phi) is 54.4. The van der Waals surface area contributed by atoms with Crippen LogP contribution in [-0.4, -0.2) is 396 Å². The van der Waals surface area contributed by atoms with Gasteiger partial charge in [-0.05, 0) is 360 Å². The summed E-state index contributed by atoms with van der Waals surface area (Å²) in [4.78, 5) is 30.0. The highest BCUT2D eigenvalue weighted by atomic mass is 32.2. The van der Waals surface area contributed by atoms with Gasteiger partial charge in [0.1, 0.15) is 0 Å². The highest BCUT2D eigenvalue weighted by molar-refractivity contribution is 7.99. The molecule has 0 spiro atoms. The fourth-order valence-corrected chi connectivity index (χ4v) is 18.5. The lowest BCUT2D eigenvalue weighted by Gasteiger charge is -2.42. The summed E-state index contributed by atoms with van der Waals surface area (Å²) in [6.07, 6.45) is 15.2. The average molecular weight is 1760 g/mol. The number of ether oxygens (including phenoxy) is 1. The number of morpholine rings is 1. The molecule has 12 aliphatic heterocycles. The lowest BCUT2D eigenvalue weighted by molar-refractivity contribution is -0.00389. The van der Waals surface area contributed by atoms with Gasteiger partial charge in [-0.25, -0.2) is 13.4 Å². The van der Waals surface area contributed by atoms with Crippen molar-refractivity contribution in [1.29, 1.82) is 0 Å². The van der Waals surface area contributed by atoms with Crippen molar-refractivity contribution in [2.24, 2.45) is 0 Å². The second-order valence-corrected chi connectivity index (χ2v) is 51.9. The first-order chi connectivity index (χ1) is 54.8. The molecular weight excluding hydrogens is 1550 g/mol. The molecule has 0 atom stereocenters. The molecule has 0 radical (unpaired) electrons. The summed E-state index contributed by atoms with van der Waals surface area (Å²) in [5.41, 5.74) is 7.60. The van der Waals surface area contributed by atoms with Crippen molar-refractivity contribution in [1.82, 2.24) is 84.2 Å². The molecule has 0 aliphatic carbocycles. The number of nitrogens with one attached hydrogen (secondary N) is 3. The van der Waals surface area contributed by atoms with Gasteiger partial charge in [-0.3, -0.25) is 59.3 Å². The highest BCUT2D eigenvalue weighted by Gasteiger charge is 2.33. The second-order valence-electron chi connectivity index (χ2n) is 47.5. The molecule has 0 aromatic heterocycles. The van der Waals surface area contributed by atoms with Crippen molar-refractivity contribution >= 4 is 33.5 Å². The molecule has 0 saturated carbocycles. The summed E-state index contributed by atoms with van der Waals surface area (Å²) >= 11 is 4.15. The number of rotatable bonds is 1. The lowest BCUT2D eigenvalue weighted by atomic mass is 10.0. The molecule has 0 aromatic carbocycles. The molecule has 120 heavy (non-hydrogen) atoms. The zero-order valence-electron chi connectivity index (χ0n) is 87.4. The van der Waals surface area contributed by atoms with Gasteiger partial charge in [0.05, 0.1) is 19.5 Å². The molecule has 12 heterocycles. The number of hydrogen-bond donors (Lipinski definition) is 3. The van der Waals surface area contributed by atoms with Gasteiger partial charge >= 0.3 is 0 Å². The Morgan fingerprint density at radius 3 is 0.692 bits per heavy atom. The third-order valence-electron chi connectivity index (χ3n) is 25.0. The van der Waals surface area contributed by atoms with E-state index in [1.165, 1.54) is 224 Å². The van der Waals surface area contributed by atoms with Crippen molar-refractivity contribution in [2.75, 3.05) is 253 Å². The molecule has 12 saturated heterocycles. The Labute approximate surface area is 758 Å². The molecule has 0 unspecified atom stereocenters. The maximum atomic E-state index is 11.3. The number of hydrazine groups is 1. The number of hydrogen-bond acceptors (Lipinski definition) is 21. The first-order valence-electron chi connectivity index (χ1n) is 48.3. The van der Waals surface area contributed by atoms with E-state index in [1.54, 1.807) is 4.31 Å². The Hall–Kier alpha value is -0.0700. The van der Waals surface area contributed by atoms with Gasteiger partial charge in [-0.1, -0.05) is 12.8 Å². The average Bonchev–Trinajstić information content (AvgIpc) is 1.10. The van der Waals surface area contributed by atoms with Gasteiger partial charge in [0.2, 0.25) is 10.0 Å². The molecule has 0 aromatic rings. The number of nitrogens with zero attached hydrogens (tertiary/aromatic N) is 14. The van der Waals surface area contributed by atoms with Crippen LogP contribution in [0.5, 0.6) is 0 Å². The SMILES string of the molecule is CC(C)(C)N1CCC1.CC(C)(C)N1CCCC1.CC(C)(C)N1CCCCC1.CC(C)(C)N1CCCCC1.CC(C)(C)N1CCCN1.CC(C)(C)N1CCN(S(C)(=O)=O)CC1.CC(C)(C)N1CCNC1.CC(C)(C)N1CCNCC1.CC(C)(C)N1CCOCC1.CC(C)(C)N1CCSCC1.CC(C)(C)N1CCSCC1.CN1CCN(C(C)(C)C)CC1. The van der Waals surface area contributed by atoms with Crippen LogP contribution in [0.1, 0.15) is 313 Å². The van der Waals surface area contributed by atoms with Gasteiger partial charge in [0, 0.05) is 240 Å². The fraction of sp³-hybridized carbons (Fsp3) is 1.00. The zero-order valence-corrected chi connectivity index (χ0v) is 89.9. The predicted molar refractivity (Wildman–Crippen MR) is 535 cm³/mol. The number of thioether (sulfide) groups is 2. The maximum absolute atomic E-state index is 11.3. The van der Waals surface area contributed by atoms with Crippen LogP contribution in [0.25, 0.3) is 0 Å². The number of piperidine rings is 2. The van der Waals surface area contributed by atoms with E-state index in [2.05, 4.69) is 360 Å². The summed E-state index contributed by atoms with van der Waals surface area (Å²) in [7, 11) is -0.794. The molecule has 720 valence electrons. The molecule has 20 nitrogen and oxygen atoms in total. The van der Waals surface area contributed by atoms with E-state index in [0.29, 0.717) is 74.0 Å². The van der Waals surface area contributed by atoms with E-state index < -0.39 is 10.0 Å². The van der Waals surface area contributed by atoms with Crippen LogP contribution in [0.4, 0.5) is 0 Å². The Bertz CT molecular complexity index is 2350. The number of sulfonamides is 1. The smallest absolute Gasteiger partial charge is 0.211 e. The molecule has 0 bridgehead atoms. The van der Waals surface area contributed by atoms with Crippen molar-refractivity contribution in [3.05, 3.63) is 0 Å². The monoisotopic (exact) mass is 1760 g/mol. The standard InChI is InChI=1S/C9H20N2O2S.C9H20N2.2C9H19N.C8H18N2.C8H17NO.2C8H17NS.C8H17N.2C7H16N2.C7H15N/c1-9(2,3)10-5-7-11(8-6-10)14(4,12)13;1-9(2,3)11-7-5-10(4)6-8-11;2*1-9(2,3)10-7-5-4-6-8-10;1-8(2,3)10-6-4-9-5-7-10;3*1-8(2,3)9-4-6-10-7-5-9;1-8(2,3)9-6-4-5-7-9;1-7(2,3)9-5-4-8-6-9;1-7(2,3)9-6-4-5-8-9;1-7(2,3)8-5-4-6-8/h5-8H2,1-4H3;5-8H2,1-4H3;2*4-8H2,1-3H3;9H,4-7H2,1-3H3;3*4-7H2,1-3H3;4-7H2,1-3H3;2*8H,4-6H2,1-3H3;4-6H2,1-3H3. The lowest BCUT2D eigenvalue weighted by Crippen LogP contribution is -2.54. The van der Waals surface area contributed by atoms with E-state index in [0.717, 1.165) is 72.2 Å². The van der Waals surface area contributed by atoms with Gasteiger partial charge in [0.25, 0.3) is 0 Å².